The first-order chi connectivity index (χ1) is 17.6. The van der Waals surface area contributed by atoms with Crippen molar-refractivity contribution in [1.29, 1.82) is 0 Å². The van der Waals surface area contributed by atoms with Crippen LogP contribution in [0, 0.1) is 5.82 Å². The van der Waals surface area contributed by atoms with Crippen molar-refractivity contribution in [2.75, 3.05) is 0 Å². The molecule has 0 spiro atoms. The van der Waals surface area contributed by atoms with Crippen LogP contribution in [0.3, 0.4) is 0 Å². The number of aromatic amines is 1. The van der Waals surface area contributed by atoms with E-state index in [-0.39, 0.29) is 18.8 Å². The number of halogens is 1. The van der Waals surface area contributed by atoms with Gasteiger partial charge >= 0.3 is 5.97 Å². The second kappa shape index (κ2) is 10.5. The van der Waals surface area contributed by atoms with Gasteiger partial charge in [-0.1, -0.05) is 72.8 Å². The van der Waals surface area contributed by atoms with Crippen LogP contribution in [-0.2, 0) is 24.2 Å². The molecule has 1 heterocycles. The Balaban J connectivity index is 1.36. The van der Waals surface area contributed by atoms with Crippen LogP contribution in [0.1, 0.15) is 28.8 Å². The van der Waals surface area contributed by atoms with E-state index in [9.17, 15) is 14.3 Å². The summed E-state index contributed by atoms with van der Waals surface area (Å²) in [5.41, 5.74) is 5.83. The van der Waals surface area contributed by atoms with Gasteiger partial charge < -0.3 is 14.8 Å². The van der Waals surface area contributed by atoms with Gasteiger partial charge in [0.05, 0.1) is 0 Å². The molecular weight excluding hydrogens is 453 g/mol. The summed E-state index contributed by atoms with van der Waals surface area (Å²) >= 11 is 0. The molecule has 1 aromatic heterocycles. The molecule has 0 unspecified atom stereocenters. The summed E-state index contributed by atoms with van der Waals surface area (Å²) < 4.78 is 19.7. The van der Waals surface area contributed by atoms with E-state index in [0.717, 1.165) is 38.7 Å². The van der Waals surface area contributed by atoms with Crippen molar-refractivity contribution in [2.45, 2.75) is 25.9 Å². The fourth-order valence-corrected chi connectivity index (χ4v) is 4.50. The van der Waals surface area contributed by atoms with Gasteiger partial charge in [0.1, 0.15) is 18.2 Å². The normalized spacial score (nSPS) is 11.0. The number of ether oxygens (including phenoxy) is 1. The van der Waals surface area contributed by atoms with E-state index in [2.05, 4.69) is 23.2 Å². The lowest BCUT2D eigenvalue weighted by Gasteiger charge is -2.10. The minimum absolute atomic E-state index is 0.0814. The van der Waals surface area contributed by atoms with Crippen LogP contribution in [0.5, 0.6) is 5.75 Å². The number of benzene rings is 4. The molecule has 0 aliphatic heterocycles. The van der Waals surface area contributed by atoms with E-state index in [1.165, 1.54) is 6.07 Å². The van der Waals surface area contributed by atoms with Crippen molar-refractivity contribution >= 4 is 16.7 Å². The Labute approximate surface area is 209 Å². The molecule has 5 rings (SSSR count). The van der Waals surface area contributed by atoms with Crippen LogP contribution >= 0.6 is 0 Å². The number of hydrogen-bond acceptors (Lipinski definition) is 2. The molecule has 0 aliphatic rings. The Hall–Kier alpha value is -4.38. The van der Waals surface area contributed by atoms with Gasteiger partial charge in [0, 0.05) is 35.9 Å². The second-order valence-corrected chi connectivity index (χ2v) is 8.82. The lowest BCUT2D eigenvalue weighted by atomic mass is 9.96. The van der Waals surface area contributed by atoms with Crippen LogP contribution < -0.4 is 4.74 Å². The van der Waals surface area contributed by atoms with Crippen molar-refractivity contribution in [2.24, 2.45) is 0 Å². The molecule has 0 saturated heterocycles. The molecule has 0 saturated carbocycles. The fraction of sp³-hybridized carbons (Fsp3) is 0.129. The Morgan fingerprint density at radius 1 is 0.889 bits per heavy atom. The van der Waals surface area contributed by atoms with Gasteiger partial charge in [0.25, 0.3) is 0 Å². The van der Waals surface area contributed by atoms with Crippen molar-refractivity contribution in [1.82, 2.24) is 4.98 Å². The minimum atomic E-state index is -0.806. The molecule has 4 nitrogen and oxygen atoms in total. The van der Waals surface area contributed by atoms with Gasteiger partial charge in [-0.25, -0.2) is 4.39 Å². The molecule has 0 aliphatic carbocycles. The first-order valence-corrected chi connectivity index (χ1v) is 11.9. The van der Waals surface area contributed by atoms with E-state index in [4.69, 9.17) is 4.74 Å². The summed E-state index contributed by atoms with van der Waals surface area (Å²) in [4.78, 5) is 14.7. The number of hydrogen-bond donors (Lipinski definition) is 2. The quantitative estimate of drug-likeness (QED) is 0.236. The third kappa shape index (κ3) is 5.31. The summed E-state index contributed by atoms with van der Waals surface area (Å²) in [7, 11) is 0. The molecule has 2 N–H and O–H groups in total. The Morgan fingerprint density at radius 2 is 1.64 bits per heavy atom. The van der Waals surface area contributed by atoms with Crippen molar-refractivity contribution in [3.63, 3.8) is 0 Å². The average molecular weight is 480 g/mol. The molecule has 0 amide bonds. The van der Waals surface area contributed by atoms with E-state index >= 15 is 0 Å². The van der Waals surface area contributed by atoms with E-state index in [1.54, 1.807) is 18.2 Å². The van der Waals surface area contributed by atoms with Gasteiger partial charge in [0.2, 0.25) is 0 Å². The smallest absolute Gasteiger partial charge is 0.303 e. The van der Waals surface area contributed by atoms with E-state index in [0.29, 0.717) is 24.2 Å². The van der Waals surface area contributed by atoms with Crippen LogP contribution in [0.4, 0.5) is 4.39 Å². The molecule has 4 aromatic carbocycles. The zero-order chi connectivity index (χ0) is 24.9. The minimum Gasteiger partial charge on any atom is -0.489 e. The van der Waals surface area contributed by atoms with Crippen LogP contribution in [0.15, 0.2) is 97.2 Å². The highest BCUT2D eigenvalue weighted by atomic mass is 19.1. The fourth-order valence-electron chi connectivity index (χ4n) is 4.50. The van der Waals surface area contributed by atoms with Crippen molar-refractivity contribution in [3.05, 3.63) is 125 Å². The van der Waals surface area contributed by atoms with Crippen molar-refractivity contribution in [3.8, 4) is 16.9 Å². The highest BCUT2D eigenvalue weighted by Gasteiger charge is 2.15. The van der Waals surface area contributed by atoms with Crippen LogP contribution in [-0.4, -0.2) is 16.1 Å². The van der Waals surface area contributed by atoms with Crippen molar-refractivity contribution < 1.29 is 19.0 Å². The maximum atomic E-state index is 13.9. The summed E-state index contributed by atoms with van der Waals surface area (Å²) in [6.45, 7) is 0.173. The highest BCUT2D eigenvalue weighted by Crippen LogP contribution is 2.30. The van der Waals surface area contributed by atoms with Crippen LogP contribution in [0.2, 0.25) is 0 Å². The number of carboxylic acid groups (broad SMARTS) is 1. The summed E-state index contributed by atoms with van der Waals surface area (Å²) in [5, 5.41) is 11.4. The summed E-state index contributed by atoms with van der Waals surface area (Å²) in [5.74, 6) is -0.392. The number of nitrogens with one attached hydrogen (secondary N) is 1. The van der Waals surface area contributed by atoms with Crippen LogP contribution in [0.25, 0.3) is 21.9 Å². The molecule has 5 aromatic rings. The second-order valence-electron chi connectivity index (χ2n) is 8.82. The van der Waals surface area contributed by atoms with Gasteiger partial charge in [-0.2, -0.15) is 0 Å². The predicted octanol–water partition coefficient (Wildman–Crippen LogP) is 7.16. The average Bonchev–Trinajstić information content (AvgIpc) is 3.29. The summed E-state index contributed by atoms with van der Waals surface area (Å²) in [6, 6.07) is 28.8. The number of aliphatic carboxylic acids is 1. The zero-order valence-electron chi connectivity index (χ0n) is 19.7. The third-order valence-corrected chi connectivity index (χ3v) is 6.36. The SMILES string of the molecule is O=C(O)CCc1c(-c2ccccc2)c[nH]c1Cc1ccc2cc(OCc3ccccc3F)ccc2c1. The number of carbonyl (C=O) groups is 1. The Bertz CT molecular complexity index is 1510. The maximum absolute atomic E-state index is 13.9. The van der Waals surface area contributed by atoms with Gasteiger partial charge in [-0.3, -0.25) is 4.79 Å². The third-order valence-electron chi connectivity index (χ3n) is 6.36. The molecule has 0 atom stereocenters. The van der Waals surface area contributed by atoms with E-state index < -0.39 is 5.97 Å². The number of carboxylic acids is 1. The topological polar surface area (TPSA) is 62.3 Å². The molecule has 5 heteroatoms. The zero-order valence-corrected chi connectivity index (χ0v) is 19.7. The predicted molar refractivity (Wildman–Crippen MR) is 140 cm³/mol. The standard InChI is InChI=1S/C31H26FNO3/c32-29-9-5-4-8-25(29)20-36-26-13-12-23-16-21(10-11-24(23)18-26)17-30-27(14-15-31(34)35)28(19-33-30)22-6-2-1-3-7-22/h1-13,16,18-19,33H,14-15,17,20H2,(H,34,35). The summed E-state index contributed by atoms with van der Waals surface area (Å²) in [6.07, 6.45) is 3.19. The first kappa shape index (κ1) is 23.4. The number of rotatable bonds is 9. The molecule has 0 fully saturated rings. The monoisotopic (exact) mass is 479 g/mol. The Morgan fingerprint density at radius 3 is 2.44 bits per heavy atom. The number of aromatic nitrogens is 1. The first-order valence-electron chi connectivity index (χ1n) is 11.9. The molecule has 180 valence electrons. The molecule has 0 bridgehead atoms. The van der Waals surface area contributed by atoms with Gasteiger partial charge in [-0.15, -0.1) is 0 Å². The molecule has 0 radical (unpaired) electrons. The molecular formula is C31H26FNO3. The number of fused-ring (bicyclic) bond motifs is 1. The highest BCUT2D eigenvalue weighted by molar-refractivity contribution is 5.84. The largest absolute Gasteiger partial charge is 0.489 e. The van der Waals surface area contributed by atoms with Gasteiger partial charge in [-0.05, 0) is 52.1 Å². The van der Waals surface area contributed by atoms with Gasteiger partial charge in [0.15, 0.2) is 0 Å². The lowest BCUT2D eigenvalue weighted by Crippen LogP contribution is -2.01. The van der Waals surface area contributed by atoms with E-state index in [1.807, 2.05) is 54.7 Å². The number of H-pyrrole nitrogens is 1. The maximum Gasteiger partial charge on any atom is 0.303 e. The Kier molecular flexibility index (Phi) is 6.80. The lowest BCUT2D eigenvalue weighted by molar-refractivity contribution is -0.136. The molecule has 36 heavy (non-hydrogen) atoms.